The molecule has 12 nitrogen and oxygen atoms in total. The molecule has 4 rings (SSSR count). The van der Waals surface area contributed by atoms with Crippen molar-refractivity contribution in [2.24, 2.45) is 0 Å². The summed E-state index contributed by atoms with van der Waals surface area (Å²) in [5.74, 6) is -1.29. The predicted octanol–water partition coefficient (Wildman–Crippen LogP) is 5.87. The number of carbonyl (C=O) groups excluding carboxylic acids is 2. The number of nitrogens with zero attached hydrogens (tertiary/aromatic N) is 2. The summed E-state index contributed by atoms with van der Waals surface area (Å²) in [5, 5.41) is 14.8. The van der Waals surface area contributed by atoms with Gasteiger partial charge < -0.3 is 29.0 Å². The highest BCUT2D eigenvalue weighted by Crippen LogP contribution is 2.43. The van der Waals surface area contributed by atoms with Crippen LogP contribution in [0.4, 0.5) is 5.69 Å². The van der Waals surface area contributed by atoms with Crippen LogP contribution < -0.4 is 19.5 Å². The number of hydrogen-bond acceptors (Lipinski definition) is 11. The first-order valence-electron chi connectivity index (χ1n) is 14.8. The van der Waals surface area contributed by atoms with Gasteiger partial charge in [0.05, 0.1) is 50.4 Å². The van der Waals surface area contributed by atoms with E-state index in [1.165, 1.54) is 46.6 Å². The number of likely N-dealkylation sites (N-methyl/N-ethyl adjacent to an activating group) is 1. The third-order valence-corrected chi connectivity index (χ3v) is 7.88. The molecule has 48 heavy (non-hydrogen) atoms. The summed E-state index contributed by atoms with van der Waals surface area (Å²) in [7, 11) is 7.64. The summed E-state index contributed by atoms with van der Waals surface area (Å²) in [6, 6.07) is 19.1. The molecule has 0 saturated carbocycles. The summed E-state index contributed by atoms with van der Waals surface area (Å²) in [5.41, 5.74) is 2.93. The van der Waals surface area contributed by atoms with Crippen molar-refractivity contribution >= 4 is 30.0 Å². The zero-order valence-electron chi connectivity index (χ0n) is 27.9. The minimum Gasteiger partial charge on any atom is -0.493 e. The van der Waals surface area contributed by atoms with Crippen LogP contribution in [0.2, 0.25) is 0 Å². The van der Waals surface area contributed by atoms with Gasteiger partial charge in [-0.05, 0) is 44.2 Å². The van der Waals surface area contributed by atoms with Crippen LogP contribution in [0.5, 0.6) is 17.2 Å². The number of carbonyl (C=O) groups is 2. The lowest BCUT2D eigenvalue weighted by molar-refractivity contribution is -0.384. The third kappa shape index (κ3) is 8.25. The van der Waals surface area contributed by atoms with Crippen molar-refractivity contribution in [3.63, 3.8) is 0 Å². The summed E-state index contributed by atoms with van der Waals surface area (Å²) in [6.45, 7) is 4.19. The van der Waals surface area contributed by atoms with Gasteiger partial charge in [-0.15, -0.1) is 12.4 Å². The van der Waals surface area contributed by atoms with Crippen LogP contribution in [0, 0.1) is 10.1 Å². The van der Waals surface area contributed by atoms with Gasteiger partial charge in [-0.1, -0.05) is 42.5 Å². The highest BCUT2D eigenvalue weighted by Gasteiger charge is 2.39. The molecule has 1 heterocycles. The van der Waals surface area contributed by atoms with Crippen LogP contribution in [-0.4, -0.2) is 63.8 Å². The highest BCUT2D eigenvalue weighted by atomic mass is 35.5. The lowest BCUT2D eigenvalue weighted by Gasteiger charge is -2.32. The molecular formula is C35H40ClN3O9. The van der Waals surface area contributed by atoms with Crippen molar-refractivity contribution in [2.45, 2.75) is 32.4 Å². The smallest absolute Gasteiger partial charge is 0.337 e. The maximum atomic E-state index is 14.4. The maximum absolute atomic E-state index is 14.4. The second-order valence-electron chi connectivity index (χ2n) is 11.0. The van der Waals surface area contributed by atoms with Crippen LogP contribution in [0.3, 0.4) is 0 Å². The number of non-ortho nitro benzene ring substituents is 1. The van der Waals surface area contributed by atoms with Crippen LogP contribution >= 0.6 is 12.4 Å². The number of nitrogens with one attached hydrogen (secondary N) is 1. The second-order valence-corrected chi connectivity index (χ2v) is 11.0. The Bertz CT molecular complexity index is 1680. The Labute approximate surface area is 285 Å². The molecule has 0 saturated heterocycles. The van der Waals surface area contributed by atoms with E-state index in [-0.39, 0.29) is 35.8 Å². The van der Waals surface area contributed by atoms with Crippen LogP contribution in [0.25, 0.3) is 0 Å². The molecule has 0 aliphatic carbocycles. The van der Waals surface area contributed by atoms with Gasteiger partial charge in [0, 0.05) is 42.2 Å². The van der Waals surface area contributed by atoms with E-state index in [1.54, 1.807) is 32.0 Å². The number of esters is 2. The minimum atomic E-state index is -1.02. The first kappa shape index (κ1) is 37.4. The molecule has 3 aromatic rings. The number of rotatable bonds is 13. The number of nitro benzene ring substituents is 1. The topological polar surface area (TPSA) is 139 Å². The Balaban J connectivity index is 0.00000625. The predicted molar refractivity (Wildman–Crippen MR) is 181 cm³/mol. The molecule has 0 radical (unpaired) electrons. The normalized spacial score (nSPS) is 14.8. The summed E-state index contributed by atoms with van der Waals surface area (Å²) in [4.78, 5) is 40.7. The Morgan fingerprint density at radius 2 is 1.48 bits per heavy atom. The molecule has 13 heteroatoms. The Morgan fingerprint density at radius 3 is 2.02 bits per heavy atom. The van der Waals surface area contributed by atoms with Gasteiger partial charge in [0.15, 0.2) is 11.5 Å². The van der Waals surface area contributed by atoms with Crippen molar-refractivity contribution in [1.82, 2.24) is 10.2 Å². The van der Waals surface area contributed by atoms with Crippen molar-refractivity contribution in [1.29, 1.82) is 0 Å². The van der Waals surface area contributed by atoms with E-state index in [0.717, 1.165) is 5.56 Å². The fourth-order valence-electron chi connectivity index (χ4n) is 5.73. The summed E-state index contributed by atoms with van der Waals surface area (Å²) >= 11 is 0. The van der Waals surface area contributed by atoms with Gasteiger partial charge in [0.2, 0.25) is 5.75 Å². The summed E-state index contributed by atoms with van der Waals surface area (Å²) in [6.07, 6.45) is -0.857. The zero-order chi connectivity index (χ0) is 34.2. The van der Waals surface area contributed by atoms with Crippen molar-refractivity contribution < 1.29 is 38.2 Å². The molecule has 0 amide bonds. The molecule has 2 unspecified atom stereocenters. The van der Waals surface area contributed by atoms with Crippen LogP contribution in [0.15, 0.2) is 89.3 Å². The molecule has 0 spiro atoms. The fraction of sp³-hybridized carbons (Fsp3) is 0.314. The van der Waals surface area contributed by atoms with Crippen molar-refractivity contribution in [3.05, 3.63) is 116 Å². The molecule has 0 aromatic heterocycles. The van der Waals surface area contributed by atoms with Crippen molar-refractivity contribution in [3.8, 4) is 17.2 Å². The van der Waals surface area contributed by atoms with E-state index >= 15 is 0 Å². The average molecular weight is 682 g/mol. The third-order valence-electron chi connectivity index (χ3n) is 7.88. The fourth-order valence-corrected chi connectivity index (χ4v) is 5.73. The SMILES string of the molecule is COC(=O)C1=C(C)NC(C)=C(C(=O)OC(CN(C)Cc2ccccc2)c2cc(OC)c(OC)c(OC)c2)C1c1cccc([N+](=O)[O-])c1.Cl. The molecule has 3 aromatic carbocycles. The molecule has 0 bridgehead atoms. The van der Waals surface area contributed by atoms with E-state index in [1.807, 2.05) is 42.3 Å². The number of allylic oxidation sites excluding steroid dienone is 2. The Hall–Kier alpha value is -5.07. The Kier molecular flexibility index (Phi) is 13.0. The second kappa shape index (κ2) is 16.7. The van der Waals surface area contributed by atoms with Crippen LogP contribution in [0.1, 0.15) is 42.6 Å². The highest BCUT2D eigenvalue weighted by molar-refractivity contribution is 6.00. The van der Waals surface area contributed by atoms with Crippen molar-refractivity contribution in [2.75, 3.05) is 42.0 Å². The zero-order valence-corrected chi connectivity index (χ0v) is 28.7. The van der Waals surface area contributed by atoms with E-state index in [4.69, 9.17) is 23.7 Å². The molecule has 0 fully saturated rings. The summed E-state index contributed by atoms with van der Waals surface area (Å²) < 4.78 is 28.1. The first-order valence-corrected chi connectivity index (χ1v) is 14.8. The molecule has 256 valence electrons. The van der Waals surface area contributed by atoms with Gasteiger partial charge in [-0.2, -0.15) is 0 Å². The van der Waals surface area contributed by atoms with E-state index in [9.17, 15) is 19.7 Å². The number of ether oxygens (including phenoxy) is 5. The van der Waals surface area contributed by atoms with Gasteiger partial charge in [0.1, 0.15) is 6.10 Å². The van der Waals surface area contributed by atoms with E-state index in [2.05, 4.69) is 5.32 Å². The number of nitro groups is 1. The van der Waals surface area contributed by atoms with Crippen LogP contribution in [-0.2, 0) is 25.6 Å². The van der Waals surface area contributed by atoms with Gasteiger partial charge >= 0.3 is 11.9 Å². The quantitative estimate of drug-likeness (QED) is 0.132. The van der Waals surface area contributed by atoms with Gasteiger partial charge in [-0.25, -0.2) is 9.59 Å². The number of methoxy groups -OCH3 is 4. The number of dihydropyridines is 1. The largest absolute Gasteiger partial charge is 0.493 e. The Morgan fingerprint density at radius 1 is 0.875 bits per heavy atom. The first-order chi connectivity index (χ1) is 22.5. The molecule has 1 aliphatic heterocycles. The molecule has 1 aliphatic rings. The standard InChI is InChI=1S/C35H39N3O9.ClH/c1-21-30(34(39)46-7)32(24-14-11-15-26(16-24)38(41)42)31(22(2)36-21)35(40)47-29(20-37(3)19-23-12-9-8-10-13-23)25-17-27(43-4)33(45-6)28(18-25)44-5;/h8-18,29,32,36H,19-20H2,1-7H3;1H. The van der Waals surface area contributed by atoms with E-state index < -0.39 is 28.9 Å². The van der Waals surface area contributed by atoms with Gasteiger partial charge in [-0.3, -0.25) is 15.0 Å². The monoisotopic (exact) mass is 681 g/mol. The number of hydrogen-bond donors (Lipinski definition) is 1. The van der Waals surface area contributed by atoms with E-state index in [0.29, 0.717) is 46.3 Å². The maximum Gasteiger partial charge on any atom is 0.337 e. The average Bonchev–Trinajstić information content (AvgIpc) is 3.06. The number of halogens is 1. The molecular weight excluding hydrogens is 642 g/mol. The van der Waals surface area contributed by atoms with Gasteiger partial charge in [0.25, 0.3) is 5.69 Å². The lowest BCUT2D eigenvalue weighted by Crippen LogP contribution is -2.34. The molecule has 1 N–H and O–H groups in total. The minimum absolute atomic E-state index is 0. The number of benzene rings is 3. The molecule has 2 atom stereocenters. The lowest BCUT2D eigenvalue weighted by atomic mass is 9.80.